The molecule has 0 aliphatic carbocycles. The first kappa shape index (κ1) is 4.59. The van der Waals surface area contributed by atoms with Crippen LogP contribution in [0, 0.1) is 0 Å². The third kappa shape index (κ3) is 1.16. The van der Waals surface area contributed by atoms with E-state index in [1.807, 2.05) is 0 Å². The number of hydrogen-bond donors (Lipinski definition) is 1. The Kier molecular flexibility index (Phi) is 1.26. The van der Waals surface area contributed by atoms with Crippen LogP contribution in [0.2, 0.25) is 0 Å². The number of rotatable bonds is 0. The van der Waals surface area contributed by atoms with E-state index in [2.05, 4.69) is 4.74 Å². The van der Waals surface area contributed by atoms with Crippen LogP contribution in [0.25, 0.3) is 0 Å². The molecule has 1 aliphatic rings. The van der Waals surface area contributed by atoms with Crippen molar-refractivity contribution in [3.8, 4) is 0 Å². The summed E-state index contributed by atoms with van der Waals surface area (Å²) in [5.74, 6) is -0.279. The van der Waals surface area contributed by atoms with Gasteiger partial charge in [-0.15, -0.1) is 11.4 Å². The number of carbonyl (C=O) groups excluding carboxylic acids is 1. The summed E-state index contributed by atoms with van der Waals surface area (Å²) in [6.07, 6.45) is 1.40. The van der Waals surface area contributed by atoms with Gasteiger partial charge in [-0.25, -0.2) is 4.79 Å². The highest BCUT2D eigenvalue weighted by atomic mass is 32.1. The molecule has 0 unspecified atom stereocenters. The molecule has 0 aromatic heterocycles. The van der Waals surface area contributed by atoms with Gasteiger partial charge >= 0.3 is 5.97 Å². The molecule has 3 heteroatoms. The predicted octanol–water partition coefficient (Wildman–Crippen LogP) is 0.282. The van der Waals surface area contributed by atoms with Crippen LogP contribution in [-0.2, 0) is 9.53 Å². The van der Waals surface area contributed by atoms with Crippen molar-refractivity contribution in [3.05, 3.63) is 11.5 Å². The molecule has 0 fully saturated rings. The third-order valence-electron chi connectivity index (χ3n) is 0.526. The van der Waals surface area contributed by atoms with Gasteiger partial charge in [0.2, 0.25) is 0 Å². The summed E-state index contributed by atoms with van der Waals surface area (Å²) >= 11 is 0.945. The van der Waals surface area contributed by atoms with Crippen molar-refractivity contribution in [1.29, 1.82) is 0 Å². The van der Waals surface area contributed by atoms with Gasteiger partial charge < -0.3 is 4.74 Å². The van der Waals surface area contributed by atoms with Gasteiger partial charge in [-0.3, -0.25) is 0 Å². The second-order valence-electron chi connectivity index (χ2n) is 1.01. The standard InChI is InChI=1S/C4H4O2S/c5-4-1-2-7-3-6-4/h1-3,7H. The zero-order chi connectivity index (χ0) is 5.11. The van der Waals surface area contributed by atoms with E-state index in [0.717, 1.165) is 11.4 Å². The van der Waals surface area contributed by atoms with Crippen LogP contribution in [0.5, 0.6) is 0 Å². The highest BCUT2D eigenvalue weighted by Crippen LogP contribution is 1.94. The van der Waals surface area contributed by atoms with E-state index in [0.29, 0.717) is 0 Å². The van der Waals surface area contributed by atoms with Gasteiger partial charge in [0.15, 0.2) is 0 Å². The Morgan fingerprint density at radius 2 is 2.57 bits per heavy atom. The lowest BCUT2D eigenvalue weighted by Gasteiger charge is -1.93. The van der Waals surface area contributed by atoms with E-state index in [4.69, 9.17) is 0 Å². The van der Waals surface area contributed by atoms with Crippen LogP contribution in [0.3, 0.4) is 0 Å². The molecule has 0 N–H and O–H groups in total. The number of thiol groups is 1. The minimum absolute atomic E-state index is 0.279. The second kappa shape index (κ2) is 1.93. The lowest BCUT2D eigenvalue weighted by atomic mass is 10.7. The maximum Gasteiger partial charge on any atom is 0.336 e. The van der Waals surface area contributed by atoms with Gasteiger partial charge in [-0.1, -0.05) is 0 Å². The van der Waals surface area contributed by atoms with Crippen molar-refractivity contribution in [3.63, 3.8) is 0 Å². The summed E-state index contributed by atoms with van der Waals surface area (Å²) in [4.78, 5) is 10.1. The van der Waals surface area contributed by atoms with Crippen molar-refractivity contribution in [2.45, 2.75) is 0 Å². The van der Waals surface area contributed by atoms with E-state index < -0.39 is 0 Å². The Bertz CT molecular complexity index is 137. The normalized spacial score (nSPS) is 18.0. The first-order chi connectivity index (χ1) is 3.39. The molecule has 0 bridgehead atoms. The Morgan fingerprint density at radius 3 is 2.86 bits per heavy atom. The van der Waals surface area contributed by atoms with Crippen LogP contribution in [0.4, 0.5) is 0 Å². The maximum absolute atomic E-state index is 10.1. The SMILES string of the molecule is O=C1C=C[SH]=CO1. The number of carbonyl (C=O) groups is 1. The molecule has 0 atom stereocenters. The molecular formula is C4H4O2S. The first-order valence-electron chi connectivity index (χ1n) is 1.78. The molecule has 2 nitrogen and oxygen atoms in total. The molecule has 1 rings (SSSR count). The van der Waals surface area contributed by atoms with Gasteiger partial charge in [0.25, 0.3) is 0 Å². The van der Waals surface area contributed by atoms with E-state index in [9.17, 15) is 4.79 Å². The highest BCUT2D eigenvalue weighted by Gasteiger charge is 1.92. The highest BCUT2D eigenvalue weighted by molar-refractivity contribution is 8.00. The molecule has 0 aromatic rings. The number of hydrogen-bond acceptors (Lipinski definition) is 2. The third-order valence-corrected chi connectivity index (χ3v) is 1.07. The molecule has 7 heavy (non-hydrogen) atoms. The molecule has 0 aromatic carbocycles. The molecule has 0 amide bonds. The van der Waals surface area contributed by atoms with Crippen LogP contribution in [-0.4, -0.2) is 11.5 Å². The Hall–Kier alpha value is -0.570. The summed E-state index contributed by atoms with van der Waals surface area (Å²) in [6.45, 7) is 0. The zero-order valence-electron chi connectivity index (χ0n) is 3.50. The molecular weight excluding hydrogens is 112 g/mol. The fourth-order valence-electron chi connectivity index (χ4n) is 0.261. The van der Waals surface area contributed by atoms with E-state index in [1.54, 1.807) is 5.41 Å². The smallest absolute Gasteiger partial charge is 0.336 e. The monoisotopic (exact) mass is 116 g/mol. The average Bonchev–Trinajstić information content (AvgIpc) is 1.69. The fourth-order valence-corrected chi connectivity index (χ4v) is 0.703. The lowest BCUT2D eigenvalue weighted by molar-refractivity contribution is -0.129. The van der Waals surface area contributed by atoms with Crippen molar-refractivity contribution in [1.82, 2.24) is 0 Å². The molecule has 0 radical (unpaired) electrons. The minimum atomic E-state index is -0.279. The van der Waals surface area contributed by atoms with Crippen molar-refractivity contribution >= 4 is 22.9 Å². The van der Waals surface area contributed by atoms with Crippen LogP contribution in [0.15, 0.2) is 11.5 Å². The Balaban J connectivity index is 2.66. The van der Waals surface area contributed by atoms with Gasteiger partial charge in [0, 0.05) is 6.08 Å². The molecule has 1 heterocycles. The number of ether oxygens (including phenoxy) is 1. The number of esters is 1. The fraction of sp³-hybridized carbons (Fsp3) is 0. The molecule has 0 saturated carbocycles. The summed E-state index contributed by atoms with van der Waals surface area (Å²) in [7, 11) is 0. The molecule has 38 valence electrons. The molecule has 0 saturated heterocycles. The summed E-state index contributed by atoms with van der Waals surface area (Å²) in [5, 5.41) is 1.73. The zero-order valence-corrected chi connectivity index (χ0v) is 4.39. The summed E-state index contributed by atoms with van der Waals surface area (Å²) in [6, 6.07) is 0. The van der Waals surface area contributed by atoms with Crippen LogP contribution < -0.4 is 0 Å². The van der Waals surface area contributed by atoms with E-state index in [1.165, 1.54) is 11.6 Å². The van der Waals surface area contributed by atoms with Crippen molar-refractivity contribution in [2.24, 2.45) is 0 Å². The van der Waals surface area contributed by atoms with Gasteiger partial charge in [0.1, 0.15) is 5.55 Å². The largest absolute Gasteiger partial charge is 0.425 e. The maximum atomic E-state index is 10.1. The average molecular weight is 116 g/mol. The topological polar surface area (TPSA) is 26.3 Å². The summed E-state index contributed by atoms with van der Waals surface area (Å²) < 4.78 is 4.41. The quantitative estimate of drug-likeness (QED) is 0.279. The van der Waals surface area contributed by atoms with Crippen molar-refractivity contribution < 1.29 is 9.53 Å². The Labute approximate surface area is 44.7 Å². The van der Waals surface area contributed by atoms with Crippen LogP contribution >= 0.6 is 11.4 Å². The van der Waals surface area contributed by atoms with Gasteiger partial charge in [0.05, 0.1) is 0 Å². The number of cyclic esters (lactones) is 1. The second-order valence-corrected chi connectivity index (χ2v) is 1.81. The molecule has 1 aliphatic heterocycles. The van der Waals surface area contributed by atoms with Gasteiger partial charge in [-0.05, 0) is 5.41 Å². The Morgan fingerprint density at radius 1 is 1.71 bits per heavy atom. The predicted molar refractivity (Wildman–Crippen MR) is 30.3 cm³/mol. The van der Waals surface area contributed by atoms with E-state index in [-0.39, 0.29) is 5.97 Å². The van der Waals surface area contributed by atoms with Gasteiger partial charge in [-0.2, -0.15) is 0 Å². The lowest BCUT2D eigenvalue weighted by Crippen LogP contribution is -1.98. The molecule has 0 spiro atoms. The van der Waals surface area contributed by atoms with Crippen LogP contribution in [0.1, 0.15) is 0 Å². The minimum Gasteiger partial charge on any atom is -0.425 e. The first-order valence-corrected chi connectivity index (χ1v) is 2.82. The van der Waals surface area contributed by atoms with Crippen molar-refractivity contribution in [2.75, 3.05) is 0 Å². The van der Waals surface area contributed by atoms with E-state index >= 15 is 0 Å². The summed E-state index contributed by atoms with van der Waals surface area (Å²) in [5.41, 5.74) is 1.45.